The van der Waals surface area contributed by atoms with Crippen molar-refractivity contribution in [3.8, 4) is 0 Å². The minimum Gasteiger partial charge on any atom is -0.383 e. The number of nitrogens with zero attached hydrogens (tertiary/aromatic N) is 1. The molecule has 0 aromatic carbocycles. The summed E-state index contributed by atoms with van der Waals surface area (Å²) in [6.07, 6.45) is 1.58. The van der Waals surface area contributed by atoms with Crippen LogP contribution in [0.3, 0.4) is 0 Å². The normalized spacial score (nSPS) is 12.0. The van der Waals surface area contributed by atoms with Crippen LogP contribution in [0.2, 0.25) is 0 Å². The molecular formula is C12H25N3O3. The van der Waals surface area contributed by atoms with Gasteiger partial charge in [0.25, 0.3) is 0 Å². The molecule has 1 atom stereocenters. The Morgan fingerprint density at radius 3 is 2.67 bits per heavy atom. The molecule has 6 heteroatoms. The van der Waals surface area contributed by atoms with Gasteiger partial charge in [0.05, 0.1) is 13.2 Å². The summed E-state index contributed by atoms with van der Waals surface area (Å²) in [4.78, 5) is 24.8. The molecule has 0 spiro atoms. The zero-order valence-corrected chi connectivity index (χ0v) is 11.6. The topological polar surface area (TPSA) is 84.7 Å². The molecule has 0 aromatic rings. The van der Waals surface area contributed by atoms with Crippen molar-refractivity contribution < 1.29 is 14.3 Å². The molecule has 0 bridgehead atoms. The number of likely N-dealkylation sites (N-methyl/N-ethyl adjacent to an activating group) is 1. The van der Waals surface area contributed by atoms with Crippen LogP contribution in [0.5, 0.6) is 0 Å². The Bertz CT molecular complexity index is 259. The molecule has 0 aliphatic heterocycles. The van der Waals surface area contributed by atoms with Crippen molar-refractivity contribution in [2.45, 2.75) is 19.8 Å². The molecule has 0 aromatic heterocycles. The van der Waals surface area contributed by atoms with Crippen molar-refractivity contribution in [3.05, 3.63) is 0 Å². The first-order valence-electron chi connectivity index (χ1n) is 6.23. The number of methoxy groups -OCH3 is 1. The van der Waals surface area contributed by atoms with E-state index in [0.717, 1.165) is 12.8 Å². The molecule has 106 valence electrons. The highest BCUT2D eigenvalue weighted by Gasteiger charge is 2.18. The average molecular weight is 259 g/mol. The molecule has 0 aliphatic carbocycles. The Kier molecular flexibility index (Phi) is 9.22. The molecule has 0 rings (SSSR count). The second-order valence-corrected chi connectivity index (χ2v) is 4.37. The quantitative estimate of drug-likeness (QED) is 0.551. The zero-order valence-electron chi connectivity index (χ0n) is 11.6. The van der Waals surface area contributed by atoms with E-state index < -0.39 is 0 Å². The smallest absolute Gasteiger partial charge is 0.239 e. The Morgan fingerprint density at radius 1 is 1.44 bits per heavy atom. The van der Waals surface area contributed by atoms with Crippen LogP contribution >= 0.6 is 0 Å². The lowest BCUT2D eigenvalue weighted by molar-refractivity contribution is -0.137. The van der Waals surface area contributed by atoms with Gasteiger partial charge in [0.1, 0.15) is 0 Å². The highest BCUT2D eigenvalue weighted by molar-refractivity contribution is 5.85. The summed E-state index contributed by atoms with van der Waals surface area (Å²) < 4.78 is 4.82. The number of ether oxygens (including phenoxy) is 1. The van der Waals surface area contributed by atoms with Gasteiger partial charge < -0.3 is 20.7 Å². The number of nitrogens with two attached hydrogens (primary N) is 1. The van der Waals surface area contributed by atoms with Gasteiger partial charge in [-0.05, 0) is 19.4 Å². The Balaban J connectivity index is 3.95. The zero-order chi connectivity index (χ0) is 14.0. The van der Waals surface area contributed by atoms with E-state index in [1.807, 2.05) is 6.92 Å². The fraction of sp³-hybridized carbons (Fsp3) is 0.833. The van der Waals surface area contributed by atoms with Crippen LogP contribution in [-0.4, -0.2) is 57.1 Å². The third-order valence-corrected chi connectivity index (χ3v) is 2.65. The second kappa shape index (κ2) is 9.85. The lowest BCUT2D eigenvalue weighted by Crippen LogP contribution is -2.41. The first-order valence-corrected chi connectivity index (χ1v) is 6.23. The maximum absolute atomic E-state index is 11.9. The van der Waals surface area contributed by atoms with Gasteiger partial charge in [-0.2, -0.15) is 0 Å². The Hall–Kier alpha value is -1.14. The molecule has 0 aliphatic rings. The van der Waals surface area contributed by atoms with E-state index >= 15 is 0 Å². The summed E-state index contributed by atoms with van der Waals surface area (Å²) in [5.74, 6) is -0.287. The first-order chi connectivity index (χ1) is 8.52. The molecule has 0 heterocycles. The van der Waals surface area contributed by atoms with Crippen molar-refractivity contribution >= 4 is 11.8 Å². The van der Waals surface area contributed by atoms with Crippen molar-refractivity contribution in [3.63, 3.8) is 0 Å². The molecule has 0 radical (unpaired) electrons. The Morgan fingerprint density at radius 2 is 2.11 bits per heavy atom. The van der Waals surface area contributed by atoms with Gasteiger partial charge in [-0.3, -0.25) is 9.59 Å². The van der Waals surface area contributed by atoms with E-state index in [4.69, 9.17) is 10.5 Å². The monoisotopic (exact) mass is 259 g/mol. The van der Waals surface area contributed by atoms with E-state index in [-0.39, 0.29) is 24.3 Å². The summed E-state index contributed by atoms with van der Waals surface area (Å²) in [6, 6.07) is 0. The van der Waals surface area contributed by atoms with Gasteiger partial charge in [-0.15, -0.1) is 0 Å². The van der Waals surface area contributed by atoms with Crippen molar-refractivity contribution in [1.29, 1.82) is 0 Å². The summed E-state index contributed by atoms with van der Waals surface area (Å²) >= 11 is 0. The average Bonchev–Trinajstić information content (AvgIpc) is 2.35. The maximum Gasteiger partial charge on any atom is 0.239 e. The largest absolute Gasteiger partial charge is 0.383 e. The second-order valence-electron chi connectivity index (χ2n) is 4.37. The van der Waals surface area contributed by atoms with Crippen molar-refractivity contribution in [2.24, 2.45) is 11.7 Å². The molecule has 6 nitrogen and oxygen atoms in total. The van der Waals surface area contributed by atoms with Crippen molar-refractivity contribution in [2.75, 3.05) is 40.4 Å². The Labute approximate surface area is 109 Å². The SMILES string of the molecule is COCCNC(=O)CN(C)C(=O)C(C)CCCN. The molecule has 0 fully saturated rings. The van der Waals surface area contributed by atoms with E-state index in [2.05, 4.69) is 5.32 Å². The number of carbonyl (C=O) groups is 2. The van der Waals surface area contributed by atoms with Gasteiger partial charge in [0, 0.05) is 26.6 Å². The van der Waals surface area contributed by atoms with Crippen LogP contribution < -0.4 is 11.1 Å². The minimum atomic E-state index is -0.172. The van der Waals surface area contributed by atoms with Crippen molar-refractivity contribution in [1.82, 2.24) is 10.2 Å². The van der Waals surface area contributed by atoms with Gasteiger partial charge in [0.2, 0.25) is 11.8 Å². The van der Waals surface area contributed by atoms with Crippen LogP contribution in [-0.2, 0) is 14.3 Å². The van der Waals surface area contributed by atoms with Gasteiger partial charge in [-0.25, -0.2) is 0 Å². The van der Waals surface area contributed by atoms with Gasteiger partial charge in [-0.1, -0.05) is 6.92 Å². The van der Waals surface area contributed by atoms with E-state index in [9.17, 15) is 9.59 Å². The van der Waals surface area contributed by atoms with Crippen LogP contribution in [0.15, 0.2) is 0 Å². The van der Waals surface area contributed by atoms with Crippen LogP contribution in [0.1, 0.15) is 19.8 Å². The highest BCUT2D eigenvalue weighted by Crippen LogP contribution is 2.07. The fourth-order valence-electron chi connectivity index (χ4n) is 1.57. The van der Waals surface area contributed by atoms with Gasteiger partial charge >= 0.3 is 0 Å². The molecule has 0 saturated heterocycles. The molecule has 0 saturated carbocycles. The lowest BCUT2D eigenvalue weighted by Gasteiger charge is -2.20. The predicted molar refractivity (Wildman–Crippen MR) is 70.0 cm³/mol. The number of hydrogen-bond donors (Lipinski definition) is 2. The van der Waals surface area contributed by atoms with E-state index in [1.54, 1.807) is 14.2 Å². The number of hydrogen-bond acceptors (Lipinski definition) is 4. The minimum absolute atomic E-state index is 0.0228. The summed E-state index contributed by atoms with van der Waals surface area (Å²) in [5.41, 5.74) is 5.40. The summed E-state index contributed by atoms with van der Waals surface area (Å²) in [6.45, 7) is 3.45. The number of amides is 2. The third kappa shape index (κ3) is 7.24. The van der Waals surface area contributed by atoms with Crippen LogP contribution in [0.25, 0.3) is 0 Å². The number of rotatable bonds is 9. The van der Waals surface area contributed by atoms with E-state index in [1.165, 1.54) is 4.90 Å². The van der Waals surface area contributed by atoms with Crippen LogP contribution in [0, 0.1) is 5.92 Å². The summed E-state index contributed by atoms with van der Waals surface area (Å²) in [7, 11) is 3.21. The maximum atomic E-state index is 11.9. The van der Waals surface area contributed by atoms with E-state index in [0.29, 0.717) is 19.7 Å². The van der Waals surface area contributed by atoms with Gasteiger partial charge in [0.15, 0.2) is 0 Å². The first kappa shape index (κ1) is 16.9. The summed E-state index contributed by atoms with van der Waals surface area (Å²) in [5, 5.41) is 2.67. The molecule has 1 unspecified atom stereocenters. The molecule has 3 N–H and O–H groups in total. The predicted octanol–water partition coefficient (Wildman–Crippen LogP) is -0.418. The third-order valence-electron chi connectivity index (χ3n) is 2.65. The highest BCUT2D eigenvalue weighted by atomic mass is 16.5. The molecular weight excluding hydrogens is 234 g/mol. The lowest BCUT2D eigenvalue weighted by atomic mass is 10.0. The van der Waals surface area contributed by atoms with Crippen LogP contribution in [0.4, 0.5) is 0 Å². The number of nitrogens with one attached hydrogen (secondary N) is 1. The standard InChI is InChI=1S/C12H25N3O3/c1-10(5-4-6-13)12(17)15(2)9-11(16)14-7-8-18-3/h10H,4-9,13H2,1-3H3,(H,14,16). The molecule has 18 heavy (non-hydrogen) atoms. The number of carbonyl (C=O) groups excluding carboxylic acids is 2. The molecule has 2 amide bonds. The fourth-order valence-corrected chi connectivity index (χ4v) is 1.57.